The molecule has 0 aliphatic rings. The molecule has 0 saturated heterocycles. The van der Waals surface area contributed by atoms with Crippen molar-refractivity contribution in [1.82, 2.24) is 5.32 Å². The molecule has 0 bridgehead atoms. The summed E-state index contributed by atoms with van der Waals surface area (Å²) < 4.78 is 0. The first-order valence-corrected chi connectivity index (χ1v) is 7.21. The summed E-state index contributed by atoms with van der Waals surface area (Å²) in [7, 11) is 0. The van der Waals surface area contributed by atoms with E-state index < -0.39 is 5.97 Å². The van der Waals surface area contributed by atoms with Crippen LogP contribution in [-0.4, -0.2) is 17.0 Å². The molecule has 4 nitrogen and oxygen atoms in total. The number of hydrogen-bond donors (Lipinski definition) is 2. The standard InChI is InChI=1S/C13H11NO3S2/c15-12(16)4-3-10-1-2-11(19-10)7-14-13(17)9-5-6-18-8-9/h1-6,8H,7H2,(H,14,17)(H,15,16). The van der Waals surface area contributed by atoms with Gasteiger partial charge in [0.25, 0.3) is 5.91 Å². The number of aliphatic carboxylic acids is 1. The van der Waals surface area contributed by atoms with Gasteiger partial charge in [-0.15, -0.1) is 11.3 Å². The molecule has 0 atom stereocenters. The smallest absolute Gasteiger partial charge is 0.328 e. The lowest BCUT2D eigenvalue weighted by Gasteiger charge is -2.00. The van der Waals surface area contributed by atoms with Crippen LogP contribution in [0.25, 0.3) is 6.08 Å². The summed E-state index contributed by atoms with van der Waals surface area (Å²) in [5.74, 6) is -1.07. The summed E-state index contributed by atoms with van der Waals surface area (Å²) in [6, 6.07) is 5.48. The molecule has 2 aromatic rings. The van der Waals surface area contributed by atoms with E-state index in [0.717, 1.165) is 15.8 Å². The van der Waals surface area contributed by atoms with Crippen LogP contribution in [0.3, 0.4) is 0 Å². The Morgan fingerprint density at radius 1 is 1.32 bits per heavy atom. The minimum atomic E-state index is -0.972. The molecule has 0 aliphatic carbocycles. The lowest BCUT2D eigenvalue weighted by atomic mass is 10.3. The molecular formula is C13H11NO3S2. The van der Waals surface area contributed by atoms with E-state index in [1.54, 1.807) is 11.4 Å². The van der Waals surface area contributed by atoms with Gasteiger partial charge in [-0.25, -0.2) is 4.79 Å². The van der Waals surface area contributed by atoms with Crippen molar-refractivity contribution in [3.8, 4) is 0 Å². The molecule has 1 amide bonds. The molecular weight excluding hydrogens is 282 g/mol. The van der Waals surface area contributed by atoms with Crippen molar-refractivity contribution in [3.63, 3.8) is 0 Å². The summed E-state index contributed by atoms with van der Waals surface area (Å²) in [4.78, 5) is 23.9. The lowest BCUT2D eigenvalue weighted by molar-refractivity contribution is -0.131. The zero-order valence-corrected chi connectivity index (χ0v) is 11.5. The number of carboxylic acids is 1. The first-order valence-electron chi connectivity index (χ1n) is 5.45. The monoisotopic (exact) mass is 293 g/mol. The van der Waals surface area contributed by atoms with Crippen LogP contribution >= 0.6 is 22.7 Å². The number of hydrogen-bond acceptors (Lipinski definition) is 4. The van der Waals surface area contributed by atoms with Crippen LogP contribution in [0.15, 0.2) is 35.0 Å². The number of carbonyl (C=O) groups is 2. The molecule has 0 saturated carbocycles. The van der Waals surface area contributed by atoms with Crippen LogP contribution in [-0.2, 0) is 11.3 Å². The highest BCUT2D eigenvalue weighted by atomic mass is 32.1. The Balaban J connectivity index is 1.90. The molecule has 0 aliphatic heterocycles. The van der Waals surface area contributed by atoms with Crippen LogP contribution in [0, 0.1) is 0 Å². The number of carboxylic acid groups (broad SMARTS) is 1. The lowest BCUT2D eigenvalue weighted by Crippen LogP contribution is -2.21. The average Bonchev–Trinajstić information content (AvgIpc) is 3.04. The second kappa shape index (κ2) is 6.31. The van der Waals surface area contributed by atoms with Crippen molar-refractivity contribution < 1.29 is 14.7 Å². The molecule has 0 unspecified atom stereocenters. The van der Waals surface area contributed by atoms with Gasteiger partial charge in [-0.05, 0) is 29.7 Å². The predicted molar refractivity (Wildman–Crippen MR) is 76.5 cm³/mol. The van der Waals surface area contributed by atoms with E-state index in [1.807, 2.05) is 17.5 Å². The van der Waals surface area contributed by atoms with Crippen molar-refractivity contribution in [3.05, 3.63) is 50.4 Å². The van der Waals surface area contributed by atoms with E-state index >= 15 is 0 Å². The summed E-state index contributed by atoms with van der Waals surface area (Å²) in [6.07, 6.45) is 2.64. The van der Waals surface area contributed by atoms with Gasteiger partial charge in [0.05, 0.1) is 6.54 Å². The van der Waals surface area contributed by atoms with Gasteiger partial charge >= 0.3 is 5.97 Å². The SMILES string of the molecule is O=C(O)C=Cc1ccc(CNC(=O)c2ccsc2)s1. The fraction of sp³-hybridized carbons (Fsp3) is 0.0769. The zero-order valence-electron chi connectivity index (χ0n) is 9.83. The molecule has 19 heavy (non-hydrogen) atoms. The van der Waals surface area contributed by atoms with Gasteiger partial charge in [0.1, 0.15) is 0 Å². The highest BCUT2D eigenvalue weighted by molar-refractivity contribution is 7.12. The van der Waals surface area contributed by atoms with E-state index in [9.17, 15) is 9.59 Å². The minimum Gasteiger partial charge on any atom is -0.478 e. The Morgan fingerprint density at radius 2 is 2.16 bits per heavy atom. The number of amides is 1. The van der Waals surface area contributed by atoms with Gasteiger partial charge < -0.3 is 10.4 Å². The normalized spacial score (nSPS) is 10.7. The van der Waals surface area contributed by atoms with Gasteiger partial charge in [0, 0.05) is 26.8 Å². The Kier molecular flexibility index (Phi) is 4.48. The molecule has 6 heteroatoms. The third-order valence-electron chi connectivity index (χ3n) is 2.28. The topological polar surface area (TPSA) is 66.4 Å². The van der Waals surface area contributed by atoms with Crippen molar-refractivity contribution >= 4 is 40.6 Å². The average molecular weight is 293 g/mol. The quantitative estimate of drug-likeness (QED) is 0.833. The molecule has 0 spiro atoms. The van der Waals surface area contributed by atoms with Gasteiger partial charge in [-0.2, -0.15) is 11.3 Å². The highest BCUT2D eigenvalue weighted by Gasteiger charge is 2.06. The molecule has 98 valence electrons. The zero-order chi connectivity index (χ0) is 13.7. The summed E-state index contributed by atoms with van der Waals surface area (Å²) >= 11 is 2.93. The number of carbonyl (C=O) groups excluding carboxylic acids is 1. The third-order valence-corrected chi connectivity index (χ3v) is 4.01. The van der Waals surface area contributed by atoms with Gasteiger partial charge in [0.2, 0.25) is 0 Å². The van der Waals surface area contributed by atoms with Gasteiger partial charge in [-0.1, -0.05) is 0 Å². The van der Waals surface area contributed by atoms with E-state index in [1.165, 1.54) is 28.7 Å². The second-order valence-corrected chi connectivity index (χ2v) is 5.65. The van der Waals surface area contributed by atoms with Gasteiger partial charge in [-0.3, -0.25) is 4.79 Å². The van der Waals surface area contributed by atoms with E-state index in [0.29, 0.717) is 12.1 Å². The molecule has 0 radical (unpaired) electrons. The summed E-state index contributed by atoms with van der Waals surface area (Å²) in [5.41, 5.74) is 0.660. The highest BCUT2D eigenvalue weighted by Crippen LogP contribution is 2.18. The Bertz CT molecular complexity index is 599. The maximum absolute atomic E-state index is 11.7. The minimum absolute atomic E-state index is 0.0997. The number of rotatable bonds is 5. The Labute approximate surface area is 118 Å². The molecule has 2 rings (SSSR count). The van der Waals surface area contributed by atoms with Crippen molar-refractivity contribution in [2.24, 2.45) is 0 Å². The summed E-state index contributed by atoms with van der Waals surface area (Å²) in [5, 5.41) is 15.0. The van der Waals surface area contributed by atoms with Crippen molar-refractivity contribution in [2.75, 3.05) is 0 Å². The largest absolute Gasteiger partial charge is 0.478 e. The maximum Gasteiger partial charge on any atom is 0.328 e. The molecule has 0 fully saturated rings. The van der Waals surface area contributed by atoms with E-state index in [2.05, 4.69) is 5.32 Å². The van der Waals surface area contributed by atoms with E-state index in [4.69, 9.17) is 5.11 Å². The van der Waals surface area contributed by atoms with Crippen LogP contribution in [0.1, 0.15) is 20.1 Å². The molecule has 2 N–H and O–H groups in total. The maximum atomic E-state index is 11.7. The van der Waals surface area contributed by atoms with Crippen molar-refractivity contribution in [2.45, 2.75) is 6.54 Å². The fourth-order valence-corrected chi connectivity index (χ4v) is 2.89. The Hall–Kier alpha value is -1.92. The van der Waals surface area contributed by atoms with Crippen LogP contribution in [0.2, 0.25) is 0 Å². The van der Waals surface area contributed by atoms with E-state index in [-0.39, 0.29) is 5.91 Å². The fourth-order valence-electron chi connectivity index (χ4n) is 1.40. The number of nitrogens with one attached hydrogen (secondary N) is 1. The van der Waals surface area contributed by atoms with Crippen LogP contribution in [0.5, 0.6) is 0 Å². The molecule has 2 aromatic heterocycles. The predicted octanol–water partition coefficient (Wildman–Crippen LogP) is 2.84. The first kappa shape index (κ1) is 13.5. The van der Waals surface area contributed by atoms with Crippen LogP contribution in [0.4, 0.5) is 0 Å². The van der Waals surface area contributed by atoms with Crippen molar-refractivity contribution in [1.29, 1.82) is 0 Å². The second-order valence-electron chi connectivity index (χ2n) is 3.67. The molecule has 2 heterocycles. The number of thiophene rings is 2. The Morgan fingerprint density at radius 3 is 2.84 bits per heavy atom. The molecule has 0 aromatic carbocycles. The van der Waals surface area contributed by atoms with Gasteiger partial charge in [0.15, 0.2) is 0 Å². The van der Waals surface area contributed by atoms with Crippen LogP contribution < -0.4 is 5.32 Å². The third kappa shape index (κ3) is 4.04. The summed E-state index contributed by atoms with van der Waals surface area (Å²) in [6.45, 7) is 0.445. The first-order chi connectivity index (χ1) is 9.15.